The van der Waals surface area contributed by atoms with Crippen LogP contribution in [0.15, 0.2) is 65.8 Å². The molecule has 2 aromatic rings. The summed E-state index contributed by atoms with van der Waals surface area (Å²) in [6.07, 6.45) is 0.796. The maximum absolute atomic E-state index is 5.83. The van der Waals surface area contributed by atoms with Crippen LogP contribution >= 0.6 is 0 Å². The zero-order chi connectivity index (χ0) is 13.8. The summed E-state index contributed by atoms with van der Waals surface area (Å²) in [6.45, 7) is 2.70. The number of benzene rings is 2. The van der Waals surface area contributed by atoms with Gasteiger partial charge in [-0.2, -0.15) is 5.10 Å². The van der Waals surface area contributed by atoms with Crippen LogP contribution < -0.4 is 5.01 Å². The van der Waals surface area contributed by atoms with E-state index < -0.39 is 0 Å². The van der Waals surface area contributed by atoms with Gasteiger partial charge in [-0.3, -0.25) is 0 Å². The Balaban J connectivity index is 1.91. The third-order valence-electron chi connectivity index (χ3n) is 3.36. The van der Waals surface area contributed by atoms with Gasteiger partial charge in [-0.25, -0.2) is 5.01 Å². The Morgan fingerprint density at radius 3 is 2.35 bits per heavy atom. The lowest BCUT2D eigenvalue weighted by Gasteiger charge is -2.22. The van der Waals surface area contributed by atoms with E-state index >= 15 is 0 Å². The van der Waals surface area contributed by atoms with Gasteiger partial charge < -0.3 is 4.74 Å². The molecule has 0 amide bonds. The third kappa shape index (κ3) is 2.58. The molecule has 0 fully saturated rings. The molecule has 1 atom stereocenters. The maximum atomic E-state index is 5.83. The molecule has 1 heterocycles. The molecule has 0 saturated heterocycles. The van der Waals surface area contributed by atoms with Crippen LogP contribution in [0.1, 0.15) is 18.9 Å². The Bertz CT molecular complexity index is 580. The molecule has 0 spiro atoms. The van der Waals surface area contributed by atoms with Crippen molar-refractivity contribution in [2.75, 3.05) is 11.6 Å². The van der Waals surface area contributed by atoms with Crippen LogP contribution in [0.3, 0.4) is 0 Å². The van der Waals surface area contributed by atoms with Crippen LogP contribution in [0.2, 0.25) is 0 Å². The van der Waals surface area contributed by atoms with Crippen LogP contribution in [0, 0.1) is 0 Å². The topological polar surface area (TPSA) is 24.8 Å². The molecule has 0 radical (unpaired) electrons. The Morgan fingerprint density at radius 1 is 1.05 bits per heavy atom. The number of para-hydroxylation sites is 1. The molecule has 1 aliphatic heterocycles. The molecule has 0 aliphatic carbocycles. The largest absolute Gasteiger partial charge is 0.356 e. The second kappa shape index (κ2) is 5.88. The lowest BCUT2D eigenvalue weighted by atomic mass is 10.1. The fourth-order valence-corrected chi connectivity index (χ4v) is 2.42. The van der Waals surface area contributed by atoms with Gasteiger partial charge in [0.15, 0.2) is 6.23 Å². The molecule has 0 N–H and O–H groups in total. The summed E-state index contributed by atoms with van der Waals surface area (Å²) in [7, 11) is 0. The van der Waals surface area contributed by atoms with Gasteiger partial charge in [-0.05, 0) is 24.6 Å². The summed E-state index contributed by atoms with van der Waals surface area (Å²) in [5, 5.41) is 6.73. The minimum absolute atomic E-state index is 0.0161. The van der Waals surface area contributed by atoms with Crippen molar-refractivity contribution in [1.82, 2.24) is 0 Å². The summed E-state index contributed by atoms with van der Waals surface area (Å²) in [6, 6.07) is 20.5. The number of anilines is 1. The second-order valence-corrected chi connectivity index (χ2v) is 4.71. The predicted molar refractivity (Wildman–Crippen MR) is 81.9 cm³/mol. The SMILES string of the molecule is CCOC1CC(c2ccccc2)=NN1c1ccccc1. The first-order chi connectivity index (χ1) is 9.88. The van der Waals surface area contributed by atoms with Gasteiger partial charge in [0.1, 0.15) is 0 Å². The summed E-state index contributed by atoms with van der Waals surface area (Å²) in [4.78, 5) is 0. The first-order valence-corrected chi connectivity index (χ1v) is 6.97. The maximum Gasteiger partial charge on any atom is 0.156 e. The molecular formula is C17H18N2O. The van der Waals surface area contributed by atoms with Gasteiger partial charge in [0, 0.05) is 13.0 Å². The first-order valence-electron chi connectivity index (χ1n) is 6.97. The van der Waals surface area contributed by atoms with Gasteiger partial charge in [0.05, 0.1) is 11.4 Å². The normalized spacial score (nSPS) is 18.1. The van der Waals surface area contributed by atoms with Gasteiger partial charge >= 0.3 is 0 Å². The smallest absolute Gasteiger partial charge is 0.156 e. The second-order valence-electron chi connectivity index (χ2n) is 4.71. The number of rotatable bonds is 4. The van der Waals surface area contributed by atoms with E-state index in [2.05, 4.69) is 24.3 Å². The highest BCUT2D eigenvalue weighted by atomic mass is 16.5. The number of hydrazone groups is 1. The summed E-state index contributed by atoms with van der Waals surface area (Å²) in [5.74, 6) is 0. The molecule has 3 heteroatoms. The first kappa shape index (κ1) is 12.9. The zero-order valence-corrected chi connectivity index (χ0v) is 11.6. The van der Waals surface area contributed by atoms with Crippen LogP contribution in [-0.2, 0) is 4.74 Å². The number of nitrogens with zero attached hydrogens (tertiary/aromatic N) is 2. The molecule has 2 aromatic carbocycles. The van der Waals surface area contributed by atoms with Crippen molar-refractivity contribution in [2.45, 2.75) is 19.6 Å². The van der Waals surface area contributed by atoms with Gasteiger partial charge in [0.2, 0.25) is 0 Å². The van der Waals surface area contributed by atoms with E-state index in [1.165, 1.54) is 0 Å². The lowest BCUT2D eigenvalue weighted by Crippen LogP contribution is -2.29. The van der Waals surface area contributed by atoms with Crippen molar-refractivity contribution >= 4 is 11.4 Å². The highest BCUT2D eigenvalue weighted by Crippen LogP contribution is 2.27. The standard InChI is InChI=1S/C17H18N2O/c1-2-20-17-13-16(14-9-5-3-6-10-14)18-19(17)15-11-7-4-8-12-15/h3-12,17H,2,13H2,1H3. The Kier molecular flexibility index (Phi) is 3.79. The molecule has 20 heavy (non-hydrogen) atoms. The number of ether oxygens (including phenoxy) is 1. The van der Waals surface area contributed by atoms with Gasteiger partial charge in [0.25, 0.3) is 0 Å². The number of hydrogen-bond acceptors (Lipinski definition) is 3. The Hall–Kier alpha value is -2.13. The zero-order valence-electron chi connectivity index (χ0n) is 11.6. The lowest BCUT2D eigenvalue weighted by molar-refractivity contribution is 0.0715. The quantitative estimate of drug-likeness (QED) is 0.843. The third-order valence-corrected chi connectivity index (χ3v) is 3.36. The number of hydrogen-bond donors (Lipinski definition) is 0. The van der Waals surface area contributed by atoms with Crippen LogP contribution in [0.4, 0.5) is 5.69 Å². The van der Waals surface area contributed by atoms with E-state index in [0.29, 0.717) is 6.61 Å². The minimum atomic E-state index is -0.0161. The molecule has 102 valence electrons. The van der Waals surface area contributed by atoms with E-state index in [0.717, 1.165) is 23.4 Å². The van der Waals surface area contributed by atoms with Crippen molar-refractivity contribution < 1.29 is 4.74 Å². The van der Waals surface area contributed by atoms with E-state index in [-0.39, 0.29) is 6.23 Å². The average molecular weight is 266 g/mol. The van der Waals surface area contributed by atoms with Crippen molar-refractivity contribution in [3.8, 4) is 0 Å². The van der Waals surface area contributed by atoms with Gasteiger partial charge in [-0.1, -0.05) is 48.5 Å². The fraction of sp³-hybridized carbons (Fsp3) is 0.235. The van der Waals surface area contributed by atoms with Crippen molar-refractivity contribution in [3.05, 3.63) is 66.2 Å². The van der Waals surface area contributed by atoms with Crippen LogP contribution in [-0.4, -0.2) is 18.5 Å². The predicted octanol–water partition coefficient (Wildman–Crippen LogP) is 3.66. The Morgan fingerprint density at radius 2 is 1.70 bits per heavy atom. The van der Waals surface area contributed by atoms with E-state index in [1.54, 1.807) is 0 Å². The van der Waals surface area contributed by atoms with Crippen molar-refractivity contribution in [3.63, 3.8) is 0 Å². The van der Waals surface area contributed by atoms with E-state index in [4.69, 9.17) is 9.84 Å². The average Bonchev–Trinajstić information content (AvgIpc) is 2.94. The van der Waals surface area contributed by atoms with Crippen LogP contribution in [0.25, 0.3) is 0 Å². The molecule has 0 aromatic heterocycles. The van der Waals surface area contributed by atoms with E-state index in [1.807, 2.05) is 48.3 Å². The fourth-order valence-electron chi connectivity index (χ4n) is 2.42. The molecule has 3 nitrogen and oxygen atoms in total. The van der Waals surface area contributed by atoms with E-state index in [9.17, 15) is 0 Å². The van der Waals surface area contributed by atoms with Gasteiger partial charge in [-0.15, -0.1) is 0 Å². The molecule has 1 unspecified atom stereocenters. The van der Waals surface area contributed by atoms with Crippen molar-refractivity contribution in [1.29, 1.82) is 0 Å². The molecular weight excluding hydrogens is 248 g/mol. The Labute approximate surface area is 119 Å². The van der Waals surface area contributed by atoms with Crippen LogP contribution in [0.5, 0.6) is 0 Å². The highest BCUT2D eigenvalue weighted by molar-refractivity contribution is 6.02. The highest BCUT2D eigenvalue weighted by Gasteiger charge is 2.28. The molecule has 3 rings (SSSR count). The summed E-state index contributed by atoms with van der Waals surface area (Å²) in [5.41, 5.74) is 3.31. The molecule has 1 aliphatic rings. The van der Waals surface area contributed by atoms with Crippen molar-refractivity contribution in [2.24, 2.45) is 5.10 Å². The monoisotopic (exact) mass is 266 g/mol. The summed E-state index contributed by atoms with van der Waals surface area (Å²) < 4.78 is 5.83. The molecule has 0 bridgehead atoms. The molecule has 0 saturated carbocycles. The minimum Gasteiger partial charge on any atom is -0.356 e. The summed E-state index contributed by atoms with van der Waals surface area (Å²) >= 11 is 0.